The Hall–Kier alpha value is -1.81. The van der Waals surface area contributed by atoms with Crippen LogP contribution in [0.15, 0.2) is 30.5 Å². The number of likely N-dealkylation sites (N-methyl/N-ethyl adjacent to an activating group) is 1. The monoisotopic (exact) mass is 285 g/mol. The molecular formula is C17H23N3O. The summed E-state index contributed by atoms with van der Waals surface area (Å²) in [5.74, 6) is 1.98. The number of methoxy groups -OCH3 is 1. The van der Waals surface area contributed by atoms with Crippen molar-refractivity contribution in [2.75, 3.05) is 31.6 Å². The molecule has 4 heteroatoms. The maximum Gasteiger partial charge on any atom is 0.136 e. The zero-order valence-electron chi connectivity index (χ0n) is 12.8. The molecule has 1 N–H and O–H groups in total. The minimum atomic E-state index is 0.531. The molecule has 0 saturated carbocycles. The number of anilines is 1. The summed E-state index contributed by atoms with van der Waals surface area (Å²) in [5.41, 5.74) is 0. The van der Waals surface area contributed by atoms with Crippen LogP contribution in [0.1, 0.15) is 19.8 Å². The van der Waals surface area contributed by atoms with Crippen molar-refractivity contribution in [2.45, 2.75) is 25.8 Å². The van der Waals surface area contributed by atoms with Crippen LogP contribution in [0.3, 0.4) is 0 Å². The Labute approximate surface area is 126 Å². The van der Waals surface area contributed by atoms with Gasteiger partial charge in [0.25, 0.3) is 0 Å². The zero-order valence-corrected chi connectivity index (χ0v) is 12.8. The molecule has 2 heterocycles. The highest BCUT2D eigenvalue weighted by molar-refractivity contribution is 5.93. The molecule has 1 aliphatic heterocycles. The summed E-state index contributed by atoms with van der Waals surface area (Å²) in [6.45, 7) is 5.36. The predicted octanol–water partition coefficient (Wildman–Crippen LogP) is 2.82. The maximum absolute atomic E-state index is 5.32. The van der Waals surface area contributed by atoms with Gasteiger partial charge >= 0.3 is 0 Å². The van der Waals surface area contributed by atoms with Gasteiger partial charge in [0, 0.05) is 30.7 Å². The molecule has 4 nitrogen and oxygen atoms in total. The number of hydrogen-bond donors (Lipinski definition) is 1. The van der Waals surface area contributed by atoms with Crippen LogP contribution in [0, 0.1) is 0 Å². The molecule has 1 aromatic carbocycles. The summed E-state index contributed by atoms with van der Waals surface area (Å²) in [5, 5.41) is 5.88. The molecule has 3 rings (SSSR count). The Morgan fingerprint density at radius 3 is 3.00 bits per heavy atom. The van der Waals surface area contributed by atoms with Crippen LogP contribution in [0.2, 0.25) is 0 Å². The summed E-state index contributed by atoms with van der Waals surface area (Å²) in [7, 11) is 1.70. The molecule has 0 amide bonds. The van der Waals surface area contributed by atoms with Gasteiger partial charge in [-0.2, -0.15) is 0 Å². The van der Waals surface area contributed by atoms with E-state index in [9.17, 15) is 0 Å². The maximum atomic E-state index is 5.32. The molecule has 112 valence electrons. The Morgan fingerprint density at radius 1 is 1.38 bits per heavy atom. The first-order chi connectivity index (χ1) is 10.3. The van der Waals surface area contributed by atoms with E-state index in [2.05, 4.69) is 34.3 Å². The molecule has 0 aliphatic carbocycles. The molecule has 1 unspecified atom stereocenters. The van der Waals surface area contributed by atoms with Gasteiger partial charge in [-0.05, 0) is 56.0 Å². The van der Waals surface area contributed by atoms with Gasteiger partial charge in [-0.15, -0.1) is 0 Å². The Bertz CT molecular complexity index is 608. The quantitative estimate of drug-likeness (QED) is 0.937. The number of benzene rings is 1. The minimum Gasteiger partial charge on any atom is -0.497 e. The van der Waals surface area contributed by atoms with E-state index in [1.165, 1.54) is 23.6 Å². The van der Waals surface area contributed by atoms with Crippen LogP contribution >= 0.6 is 0 Å². The summed E-state index contributed by atoms with van der Waals surface area (Å²) in [6.07, 6.45) is 4.37. The van der Waals surface area contributed by atoms with Crippen molar-refractivity contribution >= 4 is 16.6 Å². The van der Waals surface area contributed by atoms with E-state index in [1.54, 1.807) is 7.11 Å². The van der Waals surface area contributed by atoms with Crippen molar-refractivity contribution in [1.82, 2.24) is 10.3 Å². The first-order valence-corrected chi connectivity index (χ1v) is 7.73. The van der Waals surface area contributed by atoms with E-state index in [-0.39, 0.29) is 0 Å². The van der Waals surface area contributed by atoms with Gasteiger partial charge in [0.1, 0.15) is 11.6 Å². The standard InChI is InChI=1S/C17H23N3O/c1-3-20(14-5-4-9-18-12-14)17-16-7-6-15(21-2)11-13(16)8-10-19-17/h6-8,10-11,14,18H,3-5,9,12H2,1-2H3. The number of rotatable bonds is 4. The number of nitrogens with one attached hydrogen (secondary N) is 1. The molecule has 0 spiro atoms. The zero-order chi connectivity index (χ0) is 14.7. The number of ether oxygens (including phenoxy) is 1. The van der Waals surface area contributed by atoms with Crippen LogP contribution in [-0.2, 0) is 0 Å². The lowest BCUT2D eigenvalue weighted by Gasteiger charge is -2.35. The second kappa shape index (κ2) is 6.31. The molecule has 1 aliphatic rings. The number of aromatic nitrogens is 1. The highest BCUT2D eigenvalue weighted by Gasteiger charge is 2.22. The highest BCUT2D eigenvalue weighted by atomic mass is 16.5. The first-order valence-electron chi connectivity index (χ1n) is 7.73. The van der Waals surface area contributed by atoms with E-state index >= 15 is 0 Å². The largest absolute Gasteiger partial charge is 0.497 e. The fraction of sp³-hybridized carbons (Fsp3) is 0.471. The van der Waals surface area contributed by atoms with Crippen molar-refractivity contribution < 1.29 is 4.74 Å². The first kappa shape index (κ1) is 14.1. The topological polar surface area (TPSA) is 37.4 Å². The van der Waals surface area contributed by atoms with Crippen LogP contribution in [0.5, 0.6) is 5.75 Å². The second-order valence-corrected chi connectivity index (χ2v) is 5.51. The molecule has 0 bridgehead atoms. The van der Waals surface area contributed by atoms with E-state index in [4.69, 9.17) is 4.74 Å². The summed E-state index contributed by atoms with van der Waals surface area (Å²) < 4.78 is 5.32. The Balaban J connectivity index is 2.01. The normalized spacial score (nSPS) is 18.7. The summed E-state index contributed by atoms with van der Waals surface area (Å²) in [4.78, 5) is 7.10. The highest BCUT2D eigenvalue weighted by Crippen LogP contribution is 2.29. The fourth-order valence-corrected chi connectivity index (χ4v) is 3.18. The Morgan fingerprint density at radius 2 is 2.29 bits per heavy atom. The molecule has 21 heavy (non-hydrogen) atoms. The third-order valence-corrected chi connectivity index (χ3v) is 4.27. The SMILES string of the molecule is CCN(c1nccc2cc(OC)ccc12)C1CCCNC1. The molecule has 1 atom stereocenters. The van der Waals surface area contributed by atoms with Crippen molar-refractivity contribution in [3.05, 3.63) is 30.5 Å². The van der Waals surface area contributed by atoms with Crippen LogP contribution in [-0.4, -0.2) is 37.8 Å². The molecule has 1 aromatic heterocycles. The van der Waals surface area contributed by atoms with Gasteiger partial charge in [0.15, 0.2) is 0 Å². The van der Waals surface area contributed by atoms with Crippen molar-refractivity contribution in [3.8, 4) is 5.75 Å². The van der Waals surface area contributed by atoms with Crippen LogP contribution in [0.4, 0.5) is 5.82 Å². The Kier molecular flexibility index (Phi) is 4.25. The van der Waals surface area contributed by atoms with E-state index < -0.39 is 0 Å². The lowest BCUT2D eigenvalue weighted by molar-refractivity contribution is 0.415. The van der Waals surface area contributed by atoms with Gasteiger partial charge in [-0.3, -0.25) is 0 Å². The lowest BCUT2D eigenvalue weighted by atomic mass is 10.0. The van der Waals surface area contributed by atoms with E-state index in [0.29, 0.717) is 6.04 Å². The number of hydrogen-bond acceptors (Lipinski definition) is 4. The van der Waals surface area contributed by atoms with Gasteiger partial charge in [0.05, 0.1) is 7.11 Å². The molecular weight excluding hydrogens is 262 g/mol. The third kappa shape index (κ3) is 2.81. The molecule has 1 fully saturated rings. The van der Waals surface area contributed by atoms with E-state index in [0.717, 1.165) is 31.2 Å². The smallest absolute Gasteiger partial charge is 0.136 e. The molecule has 1 saturated heterocycles. The number of pyridine rings is 1. The van der Waals surface area contributed by atoms with E-state index in [1.807, 2.05) is 18.3 Å². The second-order valence-electron chi connectivity index (χ2n) is 5.51. The fourth-order valence-electron chi connectivity index (χ4n) is 3.18. The average Bonchev–Trinajstić information content (AvgIpc) is 2.56. The summed E-state index contributed by atoms with van der Waals surface area (Å²) >= 11 is 0. The van der Waals surface area contributed by atoms with Crippen LogP contribution < -0.4 is 15.0 Å². The van der Waals surface area contributed by atoms with Gasteiger partial charge < -0.3 is 15.0 Å². The van der Waals surface area contributed by atoms with Crippen LogP contribution in [0.25, 0.3) is 10.8 Å². The number of fused-ring (bicyclic) bond motifs is 1. The number of piperidine rings is 1. The van der Waals surface area contributed by atoms with Crippen molar-refractivity contribution in [3.63, 3.8) is 0 Å². The van der Waals surface area contributed by atoms with Gasteiger partial charge in [-0.25, -0.2) is 4.98 Å². The predicted molar refractivity (Wildman–Crippen MR) is 87.2 cm³/mol. The number of nitrogens with zero attached hydrogens (tertiary/aromatic N) is 2. The lowest BCUT2D eigenvalue weighted by Crippen LogP contribution is -2.46. The minimum absolute atomic E-state index is 0.531. The summed E-state index contributed by atoms with van der Waals surface area (Å²) in [6, 6.07) is 8.79. The molecule has 0 radical (unpaired) electrons. The third-order valence-electron chi connectivity index (χ3n) is 4.27. The van der Waals surface area contributed by atoms with Gasteiger partial charge in [0.2, 0.25) is 0 Å². The van der Waals surface area contributed by atoms with Gasteiger partial charge in [-0.1, -0.05) is 0 Å². The van der Waals surface area contributed by atoms with Crippen molar-refractivity contribution in [1.29, 1.82) is 0 Å². The average molecular weight is 285 g/mol. The van der Waals surface area contributed by atoms with Crippen molar-refractivity contribution in [2.24, 2.45) is 0 Å². The molecule has 2 aromatic rings.